The van der Waals surface area contributed by atoms with E-state index in [1.54, 1.807) is 10.6 Å². The van der Waals surface area contributed by atoms with Crippen LogP contribution in [0.3, 0.4) is 0 Å². The number of halogens is 1. The average Bonchev–Trinajstić information content (AvgIpc) is 3.39. The third kappa shape index (κ3) is 4.41. The summed E-state index contributed by atoms with van der Waals surface area (Å²) in [7, 11) is -2.60. The number of methoxy groups -OCH3 is 1. The number of hydrogen-bond acceptors (Lipinski definition) is 9. The zero-order chi connectivity index (χ0) is 23.8. The Hall–Kier alpha value is -3.09. The lowest BCUT2D eigenvalue weighted by Crippen LogP contribution is -2.33. The third-order valence-electron chi connectivity index (χ3n) is 5.10. The number of hydrogen-bond donors (Lipinski definition) is 1. The molecule has 3 heterocycles. The molecule has 3 aromatic heterocycles. The predicted molar refractivity (Wildman–Crippen MR) is 122 cm³/mol. The van der Waals surface area contributed by atoms with Gasteiger partial charge in [0.1, 0.15) is 11.4 Å². The normalized spacial score (nSPS) is 14.0. The van der Waals surface area contributed by atoms with E-state index in [-0.39, 0.29) is 17.8 Å². The molecule has 1 N–H and O–H groups in total. The summed E-state index contributed by atoms with van der Waals surface area (Å²) in [5.41, 5.74) is 1.06. The summed E-state index contributed by atoms with van der Waals surface area (Å²) in [5.74, 6) is 0.621. The van der Waals surface area contributed by atoms with E-state index in [2.05, 4.69) is 30.0 Å². The van der Waals surface area contributed by atoms with Crippen LogP contribution in [-0.2, 0) is 14.8 Å². The quantitative estimate of drug-likeness (QED) is 0.391. The summed E-state index contributed by atoms with van der Waals surface area (Å²) in [6.45, 7) is 5.27. The number of fused-ring (bicyclic) bond motifs is 1. The first kappa shape index (κ1) is 23.1. The van der Waals surface area contributed by atoms with Crippen LogP contribution in [-0.4, -0.2) is 50.7 Å². The number of rotatable bonds is 8. The van der Waals surface area contributed by atoms with Crippen molar-refractivity contribution in [3.63, 3.8) is 0 Å². The second-order valence-corrected chi connectivity index (χ2v) is 10.1. The van der Waals surface area contributed by atoms with Crippen LogP contribution < -0.4 is 4.72 Å². The highest BCUT2D eigenvalue weighted by Gasteiger charge is 2.34. The molecular formula is C20H22ClN7O4S. The van der Waals surface area contributed by atoms with Crippen molar-refractivity contribution < 1.29 is 17.7 Å². The first-order chi connectivity index (χ1) is 15.7. The van der Waals surface area contributed by atoms with Crippen LogP contribution in [0.2, 0.25) is 5.02 Å². The molecule has 4 aromatic rings. The van der Waals surface area contributed by atoms with Gasteiger partial charge in [-0.15, -0.1) is 10.2 Å². The summed E-state index contributed by atoms with van der Waals surface area (Å²) in [5, 5.41) is 12.4. The lowest BCUT2D eigenvalue weighted by molar-refractivity contribution is 0.0950. The first-order valence-electron chi connectivity index (χ1n) is 10.0. The fourth-order valence-electron chi connectivity index (χ4n) is 3.42. The van der Waals surface area contributed by atoms with Crippen molar-refractivity contribution in [1.29, 1.82) is 0 Å². The molecule has 0 fully saturated rings. The molecular weight excluding hydrogens is 470 g/mol. The van der Waals surface area contributed by atoms with E-state index < -0.39 is 21.4 Å². The summed E-state index contributed by atoms with van der Waals surface area (Å²) >= 11 is 5.84. The van der Waals surface area contributed by atoms with Crippen molar-refractivity contribution in [2.75, 3.05) is 11.8 Å². The monoisotopic (exact) mass is 491 g/mol. The van der Waals surface area contributed by atoms with E-state index in [0.717, 1.165) is 5.39 Å². The highest BCUT2D eigenvalue weighted by Crippen LogP contribution is 2.31. The SMILES string of the molecule is CO[C@H](c1ncc(Cl)cn1)[C@H](C)S(=O)(=O)Nc1nnc(-c2noc3ccccc23)n1C(C)C. The molecule has 0 bridgehead atoms. The summed E-state index contributed by atoms with van der Waals surface area (Å²) in [4.78, 5) is 8.18. The van der Waals surface area contributed by atoms with E-state index in [9.17, 15) is 8.42 Å². The van der Waals surface area contributed by atoms with E-state index in [1.807, 2.05) is 32.0 Å². The minimum Gasteiger partial charge on any atom is -0.372 e. The van der Waals surface area contributed by atoms with Gasteiger partial charge in [0, 0.05) is 25.5 Å². The lowest BCUT2D eigenvalue weighted by atomic mass is 10.2. The Bertz CT molecular complexity index is 1370. The van der Waals surface area contributed by atoms with Crippen LogP contribution in [0, 0.1) is 0 Å². The molecule has 0 spiro atoms. The standard InChI is InChI=1S/C20H22ClN7O4S/c1-11(2)28-19(16-14-7-5-6-8-15(14)32-26-16)24-25-20(28)27-33(29,30)12(3)17(31-4)18-22-9-13(21)10-23-18/h5-12,17H,1-4H3,(H,25,27)/t12-,17-/m0/s1. The number of aromatic nitrogens is 6. The van der Waals surface area contributed by atoms with Gasteiger partial charge in [0.05, 0.1) is 10.4 Å². The highest BCUT2D eigenvalue weighted by molar-refractivity contribution is 7.93. The van der Waals surface area contributed by atoms with Gasteiger partial charge in [0.2, 0.25) is 16.0 Å². The highest BCUT2D eigenvalue weighted by atomic mass is 35.5. The van der Waals surface area contributed by atoms with E-state index in [4.69, 9.17) is 20.9 Å². The van der Waals surface area contributed by atoms with Gasteiger partial charge in [-0.25, -0.2) is 18.4 Å². The Morgan fingerprint density at radius 2 is 1.82 bits per heavy atom. The maximum absolute atomic E-state index is 13.2. The Labute approximate surface area is 195 Å². The van der Waals surface area contributed by atoms with Gasteiger partial charge in [-0.3, -0.25) is 9.29 Å². The van der Waals surface area contributed by atoms with Gasteiger partial charge in [0.15, 0.2) is 22.9 Å². The van der Waals surface area contributed by atoms with Crippen molar-refractivity contribution in [1.82, 2.24) is 29.9 Å². The lowest BCUT2D eigenvalue weighted by Gasteiger charge is -2.22. The molecule has 11 nitrogen and oxygen atoms in total. The van der Waals surface area contributed by atoms with E-state index in [0.29, 0.717) is 22.1 Å². The maximum atomic E-state index is 13.2. The van der Waals surface area contributed by atoms with Crippen molar-refractivity contribution in [2.45, 2.75) is 38.2 Å². The number of anilines is 1. The van der Waals surface area contributed by atoms with Crippen molar-refractivity contribution in [2.24, 2.45) is 0 Å². The number of sulfonamides is 1. The number of nitrogens with one attached hydrogen (secondary N) is 1. The molecule has 0 aliphatic carbocycles. The Morgan fingerprint density at radius 3 is 2.48 bits per heavy atom. The molecule has 1 aromatic carbocycles. The number of benzene rings is 1. The van der Waals surface area contributed by atoms with Gasteiger partial charge in [-0.2, -0.15) is 0 Å². The van der Waals surface area contributed by atoms with Crippen LogP contribution >= 0.6 is 11.6 Å². The molecule has 0 saturated carbocycles. The molecule has 13 heteroatoms. The van der Waals surface area contributed by atoms with E-state index in [1.165, 1.54) is 26.4 Å². The van der Waals surface area contributed by atoms with Gasteiger partial charge in [-0.05, 0) is 32.9 Å². The zero-order valence-electron chi connectivity index (χ0n) is 18.3. The van der Waals surface area contributed by atoms with Gasteiger partial charge < -0.3 is 9.26 Å². The van der Waals surface area contributed by atoms with Crippen molar-refractivity contribution >= 4 is 38.5 Å². The average molecular weight is 492 g/mol. The van der Waals surface area contributed by atoms with Gasteiger partial charge >= 0.3 is 0 Å². The summed E-state index contributed by atoms with van der Waals surface area (Å²) < 4.78 is 41.4. The van der Waals surface area contributed by atoms with Crippen LogP contribution in [0.4, 0.5) is 5.95 Å². The van der Waals surface area contributed by atoms with Gasteiger partial charge in [0.25, 0.3) is 0 Å². The summed E-state index contributed by atoms with van der Waals surface area (Å²) in [6, 6.07) is 7.14. The van der Waals surface area contributed by atoms with Crippen molar-refractivity contribution in [3.8, 4) is 11.5 Å². The maximum Gasteiger partial charge on any atom is 0.240 e. The second kappa shape index (κ2) is 9.04. The van der Waals surface area contributed by atoms with Crippen LogP contribution in [0.1, 0.15) is 38.7 Å². The smallest absolute Gasteiger partial charge is 0.240 e. The number of nitrogens with zero attached hydrogens (tertiary/aromatic N) is 6. The molecule has 0 radical (unpaired) electrons. The van der Waals surface area contributed by atoms with Crippen molar-refractivity contribution in [3.05, 3.63) is 47.5 Å². The Kier molecular flexibility index (Phi) is 6.32. The molecule has 33 heavy (non-hydrogen) atoms. The molecule has 0 saturated heterocycles. The topological polar surface area (TPSA) is 138 Å². The minimum absolute atomic E-state index is 0.0470. The largest absolute Gasteiger partial charge is 0.372 e. The summed E-state index contributed by atoms with van der Waals surface area (Å²) in [6.07, 6.45) is 1.83. The third-order valence-corrected chi connectivity index (χ3v) is 6.99. The van der Waals surface area contributed by atoms with Crippen LogP contribution in [0.25, 0.3) is 22.5 Å². The van der Waals surface area contributed by atoms with Gasteiger partial charge in [-0.1, -0.05) is 28.9 Å². The second-order valence-electron chi connectivity index (χ2n) is 7.61. The zero-order valence-corrected chi connectivity index (χ0v) is 19.9. The number of ether oxygens (including phenoxy) is 1. The molecule has 0 aliphatic heterocycles. The Morgan fingerprint density at radius 1 is 1.12 bits per heavy atom. The molecule has 0 aliphatic rings. The minimum atomic E-state index is -3.99. The molecule has 174 valence electrons. The fraction of sp³-hybridized carbons (Fsp3) is 0.350. The van der Waals surface area contributed by atoms with Crippen LogP contribution in [0.15, 0.2) is 41.2 Å². The Balaban J connectivity index is 1.69. The molecule has 4 rings (SSSR count). The molecule has 2 atom stereocenters. The predicted octanol–water partition coefficient (Wildman–Crippen LogP) is 3.63. The van der Waals surface area contributed by atoms with E-state index >= 15 is 0 Å². The molecule has 0 amide bonds. The fourth-order valence-corrected chi connectivity index (χ4v) is 4.65. The first-order valence-corrected chi connectivity index (χ1v) is 12.0. The number of para-hydroxylation sites is 1. The molecule has 0 unspecified atom stereocenters. The van der Waals surface area contributed by atoms with Crippen LogP contribution in [0.5, 0.6) is 0 Å².